The number of anilines is 1. The van der Waals surface area contributed by atoms with Gasteiger partial charge in [0.25, 0.3) is 17.7 Å². The van der Waals surface area contributed by atoms with Gasteiger partial charge in [0.15, 0.2) is 6.10 Å². The van der Waals surface area contributed by atoms with E-state index in [0.717, 1.165) is 4.90 Å². The fourth-order valence-corrected chi connectivity index (χ4v) is 3.56. The van der Waals surface area contributed by atoms with E-state index in [9.17, 15) is 24.0 Å². The normalized spacial score (nSPS) is 13.2. The lowest BCUT2D eigenvalue weighted by atomic mass is 10.1. The number of benzene rings is 3. The summed E-state index contributed by atoms with van der Waals surface area (Å²) >= 11 is 0. The monoisotopic (exact) mass is 471 g/mol. The van der Waals surface area contributed by atoms with Crippen molar-refractivity contribution < 1.29 is 28.7 Å². The zero-order valence-corrected chi connectivity index (χ0v) is 18.7. The first kappa shape index (κ1) is 23.4. The predicted octanol–water partition coefficient (Wildman–Crippen LogP) is 2.77. The summed E-state index contributed by atoms with van der Waals surface area (Å²) < 4.78 is 5.24. The molecule has 1 heterocycles. The molecular formula is C26H21N3O6. The summed E-state index contributed by atoms with van der Waals surface area (Å²) in [6, 6.07) is 18.8. The number of amides is 4. The first-order valence-corrected chi connectivity index (χ1v) is 10.7. The zero-order chi connectivity index (χ0) is 25.1. The van der Waals surface area contributed by atoms with Crippen LogP contribution < -0.4 is 11.1 Å². The van der Waals surface area contributed by atoms with Crippen LogP contribution >= 0.6 is 0 Å². The van der Waals surface area contributed by atoms with Gasteiger partial charge in [0.05, 0.1) is 23.2 Å². The summed E-state index contributed by atoms with van der Waals surface area (Å²) in [6.07, 6.45) is -1.09. The minimum atomic E-state index is -1.09. The molecule has 1 unspecified atom stereocenters. The molecule has 0 radical (unpaired) electrons. The van der Waals surface area contributed by atoms with Crippen LogP contribution in [0.5, 0.6) is 0 Å². The van der Waals surface area contributed by atoms with E-state index in [1.54, 1.807) is 36.4 Å². The number of nitrogens with two attached hydrogens (primary N) is 1. The number of hydrogen-bond acceptors (Lipinski definition) is 6. The van der Waals surface area contributed by atoms with Crippen molar-refractivity contribution in [2.75, 3.05) is 5.32 Å². The molecule has 0 spiro atoms. The van der Waals surface area contributed by atoms with E-state index in [1.165, 1.54) is 43.3 Å². The number of rotatable bonds is 7. The Bertz CT molecular complexity index is 1300. The molecule has 4 rings (SSSR count). The molecule has 0 aromatic heterocycles. The number of nitrogens with one attached hydrogen (secondary N) is 1. The zero-order valence-electron chi connectivity index (χ0n) is 18.7. The van der Waals surface area contributed by atoms with Crippen molar-refractivity contribution in [1.29, 1.82) is 0 Å². The standard InChI is InChI=1S/C26H21N3O6/c1-15(23(31)28-19-12-10-17(11-13-19)22(27)30)35-26(34)18-8-6-16(7-9-18)14-29-24(32)20-4-2-3-5-21(20)25(29)33/h2-13,15H,14H2,1H3,(H2,27,30)(H,28,31). The summed E-state index contributed by atoms with van der Waals surface area (Å²) in [5.74, 6) is -2.56. The van der Waals surface area contributed by atoms with Crippen LogP contribution in [0.1, 0.15) is 53.9 Å². The minimum Gasteiger partial charge on any atom is -0.449 e. The van der Waals surface area contributed by atoms with Crippen LogP contribution in [0.25, 0.3) is 0 Å². The molecular weight excluding hydrogens is 450 g/mol. The molecule has 1 aliphatic heterocycles. The first-order chi connectivity index (χ1) is 16.7. The van der Waals surface area contributed by atoms with Gasteiger partial charge in [-0.05, 0) is 61.0 Å². The van der Waals surface area contributed by atoms with Crippen LogP contribution in [0.15, 0.2) is 72.8 Å². The van der Waals surface area contributed by atoms with Crippen molar-refractivity contribution in [2.24, 2.45) is 5.73 Å². The van der Waals surface area contributed by atoms with Crippen molar-refractivity contribution in [1.82, 2.24) is 4.90 Å². The van der Waals surface area contributed by atoms with Crippen molar-refractivity contribution in [3.63, 3.8) is 0 Å². The number of carbonyl (C=O) groups excluding carboxylic acids is 5. The number of ether oxygens (including phenoxy) is 1. The van der Waals surface area contributed by atoms with Crippen LogP contribution in [0.2, 0.25) is 0 Å². The third-order valence-electron chi connectivity index (χ3n) is 5.50. The number of carbonyl (C=O) groups is 5. The maximum atomic E-state index is 12.5. The van der Waals surface area contributed by atoms with Gasteiger partial charge in [-0.1, -0.05) is 24.3 Å². The van der Waals surface area contributed by atoms with Crippen LogP contribution in [-0.4, -0.2) is 40.6 Å². The van der Waals surface area contributed by atoms with Gasteiger partial charge in [0.1, 0.15) is 0 Å². The lowest BCUT2D eigenvalue weighted by Gasteiger charge is -2.15. The van der Waals surface area contributed by atoms with E-state index < -0.39 is 23.9 Å². The van der Waals surface area contributed by atoms with E-state index in [-0.39, 0.29) is 23.9 Å². The van der Waals surface area contributed by atoms with Gasteiger partial charge < -0.3 is 15.8 Å². The number of primary amides is 1. The molecule has 1 atom stereocenters. The van der Waals surface area contributed by atoms with Crippen LogP contribution in [0, 0.1) is 0 Å². The summed E-state index contributed by atoms with van der Waals surface area (Å²) in [6.45, 7) is 1.50. The van der Waals surface area contributed by atoms with Gasteiger partial charge in [-0.15, -0.1) is 0 Å². The van der Waals surface area contributed by atoms with Gasteiger partial charge in [0, 0.05) is 11.3 Å². The van der Waals surface area contributed by atoms with E-state index in [2.05, 4.69) is 5.32 Å². The van der Waals surface area contributed by atoms with Crippen LogP contribution in [0.4, 0.5) is 5.69 Å². The Hall–Kier alpha value is -4.79. The Kier molecular flexibility index (Phi) is 6.41. The van der Waals surface area contributed by atoms with Gasteiger partial charge in [-0.2, -0.15) is 0 Å². The fraction of sp³-hybridized carbons (Fsp3) is 0.115. The smallest absolute Gasteiger partial charge is 0.338 e. The molecule has 3 N–H and O–H groups in total. The second-order valence-corrected chi connectivity index (χ2v) is 7.92. The molecule has 0 fully saturated rings. The molecule has 3 aromatic rings. The number of hydrogen-bond donors (Lipinski definition) is 2. The summed E-state index contributed by atoms with van der Waals surface area (Å²) in [4.78, 5) is 62.1. The Balaban J connectivity index is 1.34. The Morgan fingerprint density at radius 3 is 1.94 bits per heavy atom. The highest BCUT2D eigenvalue weighted by molar-refractivity contribution is 6.21. The average molecular weight is 471 g/mol. The molecule has 0 saturated carbocycles. The fourth-order valence-electron chi connectivity index (χ4n) is 3.56. The van der Waals surface area contributed by atoms with E-state index >= 15 is 0 Å². The highest BCUT2D eigenvalue weighted by Gasteiger charge is 2.35. The molecule has 0 saturated heterocycles. The molecule has 4 amide bonds. The molecule has 176 valence electrons. The Labute approximate surface area is 200 Å². The predicted molar refractivity (Wildman–Crippen MR) is 126 cm³/mol. The lowest BCUT2D eigenvalue weighted by molar-refractivity contribution is -0.123. The highest BCUT2D eigenvalue weighted by Crippen LogP contribution is 2.24. The van der Waals surface area contributed by atoms with Gasteiger partial charge in [0.2, 0.25) is 5.91 Å². The van der Waals surface area contributed by atoms with Crippen molar-refractivity contribution in [3.05, 3.63) is 101 Å². The third-order valence-corrected chi connectivity index (χ3v) is 5.50. The summed E-state index contributed by atoms with van der Waals surface area (Å²) in [5.41, 5.74) is 7.51. The van der Waals surface area contributed by atoms with Crippen molar-refractivity contribution in [3.8, 4) is 0 Å². The Morgan fingerprint density at radius 2 is 1.40 bits per heavy atom. The number of fused-ring (bicyclic) bond motifs is 1. The number of imide groups is 1. The van der Waals surface area contributed by atoms with E-state index in [4.69, 9.17) is 10.5 Å². The molecule has 0 bridgehead atoms. The molecule has 9 nitrogen and oxygen atoms in total. The van der Waals surface area contributed by atoms with Gasteiger partial charge in [-0.3, -0.25) is 24.1 Å². The number of nitrogens with zero attached hydrogens (tertiary/aromatic N) is 1. The highest BCUT2D eigenvalue weighted by atomic mass is 16.5. The van der Waals surface area contributed by atoms with Crippen LogP contribution in [-0.2, 0) is 16.1 Å². The second-order valence-electron chi connectivity index (χ2n) is 7.92. The molecule has 0 aliphatic carbocycles. The summed E-state index contributed by atoms with van der Waals surface area (Å²) in [5, 5.41) is 2.59. The Morgan fingerprint density at radius 1 is 0.857 bits per heavy atom. The minimum absolute atomic E-state index is 0.0645. The van der Waals surface area contributed by atoms with Gasteiger partial charge in [-0.25, -0.2) is 4.79 Å². The number of esters is 1. The quantitative estimate of drug-likeness (QED) is 0.402. The van der Waals surface area contributed by atoms with E-state index in [1.807, 2.05) is 0 Å². The van der Waals surface area contributed by atoms with E-state index in [0.29, 0.717) is 27.9 Å². The summed E-state index contributed by atoms with van der Waals surface area (Å²) in [7, 11) is 0. The maximum Gasteiger partial charge on any atom is 0.338 e. The molecule has 9 heteroatoms. The average Bonchev–Trinajstić information content (AvgIpc) is 3.09. The molecule has 1 aliphatic rings. The largest absolute Gasteiger partial charge is 0.449 e. The van der Waals surface area contributed by atoms with Crippen molar-refractivity contribution in [2.45, 2.75) is 19.6 Å². The second kappa shape index (κ2) is 9.60. The lowest BCUT2D eigenvalue weighted by Crippen LogP contribution is -2.30. The SMILES string of the molecule is CC(OC(=O)c1ccc(CN2C(=O)c3ccccc3C2=O)cc1)C(=O)Nc1ccc(C(N)=O)cc1. The van der Waals surface area contributed by atoms with Crippen LogP contribution in [0.3, 0.4) is 0 Å². The first-order valence-electron chi connectivity index (χ1n) is 10.7. The van der Waals surface area contributed by atoms with Crippen molar-refractivity contribution >= 4 is 35.3 Å². The maximum absolute atomic E-state index is 12.5. The third kappa shape index (κ3) is 4.93. The molecule has 3 aromatic carbocycles. The van der Waals surface area contributed by atoms with Gasteiger partial charge >= 0.3 is 5.97 Å². The topological polar surface area (TPSA) is 136 Å². The molecule has 35 heavy (non-hydrogen) atoms.